The molecule has 2 rings (SSSR count). The number of imidazole rings is 1. The van der Waals surface area contributed by atoms with Gasteiger partial charge in [-0.05, 0) is 18.6 Å². The highest BCUT2D eigenvalue weighted by molar-refractivity contribution is 7.99. The molecule has 3 nitrogen and oxygen atoms in total. The summed E-state index contributed by atoms with van der Waals surface area (Å²) in [6, 6.07) is 8.33. The third-order valence-corrected chi connectivity index (χ3v) is 3.52. The van der Waals surface area contributed by atoms with Gasteiger partial charge in [0.15, 0.2) is 5.16 Å². The number of fused-ring (bicyclic) bond motifs is 1. The molecule has 0 saturated carbocycles. The van der Waals surface area contributed by atoms with Gasteiger partial charge in [-0.1, -0.05) is 37.2 Å². The average molecular weight is 235 g/mol. The molecule has 1 aromatic carbocycles. The molecule has 0 spiro atoms. The second kappa shape index (κ2) is 5.37. The number of H-pyrrole nitrogens is 1. The number of hydrogen-bond donors (Lipinski definition) is 2. The molecule has 0 aliphatic heterocycles. The van der Waals surface area contributed by atoms with Crippen LogP contribution in [0.4, 0.5) is 0 Å². The lowest BCUT2D eigenvalue weighted by Crippen LogP contribution is -2.22. The molecule has 0 bridgehead atoms. The molecular weight excluding hydrogens is 218 g/mol. The largest absolute Gasteiger partial charge is 0.333 e. The number of rotatable bonds is 5. The van der Waals surface area contributed by atoms with E-state index in [-0.39, 0.29) is 6.04 Å². The molecule has 0 aliphatic rings. The van der Waals surface area contributed by atoms with E-state index in [0.717, 1.165) is 34.8 Å². The first-order valence-corrected chi connectivity index (χ1v) is 6.61. The predicted octanol–water partition coefficient (Wildman–Crippen LogP) is 2.78. The lowest BCUT2D eigenvalue weighted by Gasteiger charge is -2.07. The van der Waals surface area contributed by atoms with E-state index >= 15 is 0 Å². The summed E-state index contributed by atoms with van der Waals surface area (Å²) in [5.41, 5.74) is 8.08. The number of hydrogen-bond acceptors (Lipinski definition) is 3. The fourth-order valence-electron chi connectivity index (χ4n) is 1.64. The number of benzene rings is 1. The number of aromatic amines is 1. The molecule has 3 N–H and O–H groups in total. The Balaban J connectivity index is 1.99. The van der Waals surface area contributed by atoms with E-state index in [1.165, 1.54) is 0 Å². The molecule has 0 aliphatic carbocycles. The van der Waals surface area contributed by atoms with Crippen LogP contribution >= 0.6 is 11.8 Å². The number of thioether (sulfide) groups is 1. The summed E-state index contributed by atoms with van der Waals surface area (Å²) in [5.74, 6) is 0.924. The summed E-state index contributed by atoms with van der Waals surface area (Å²) >= 11 is 1.70. The van der Waals surface area contributed by atoms with Crippen molar-refractivity contribution in [2.45, 2.75) is 31.0 Å². The first kappa shape index (κ1) is 11.5. The molecule has 0 radical (unpaired) electrons. The van der Waals surface area contributed by atoms with Gasteiger partial charge in [-0.25, -0.2) is 4.98 Å². The van der Waals surface area contributed by atoms with Gasteiger partial charge in [0.2, 0.25) is 0 Å². The number of nitrogens with zero attached hydrogens (tertiary/aromatic N) is 1. The van der Waals surface area contributed by atoms with Gasteiger partial charge in [0, 0.05) is 11.8 Å². The second-order valence-electron chi connectivity index (χ2n) is 3.92. The molecule has 1 unspecified atom stereocenters. The average Bonchev–Trinajstić information content (AvgIpc) is 2.69. The summed E-state index contributed by atoms with van der Waals surface area (Å²) in [6.07, 6.45) is 2.22. The van der Waals surface area contributed by atoms with Gasteiger partial charge in [0.1, 0.15) is 0 Å². The highest BCUT2D eigenvalue weighted by Crippen LogP contribution is 2.20. The third kappa shape index (κ3) is 2.77. The number of nitrogens with one attached hydrogen (secondary N) is 1. The van der Waals surface area contributed by atoms with Gasteiger partial charge < -0.3 is 10.7 Å². The summed E-state index contributed by atoms with van der Waals surface area (Å²) in [5, 5.41) is 0.966. The Labute approximate surface area is 99.8 Å². The van der Waals surface area contributed by atoms with Crippen molar-refractivity contribution < 1.29 is 0 Å². The monoisotopic (exact) mass is 235 g/mol. The van der Waals surface area contributed by atoms with E-state index in [4.69, 9.17) is 5.73 Å². The number of aromatic nitrogens is 2. The Morgan fingerprint density at radius 1 is 1.44 bits per heavy atom. The molecular formula is C12H17N3S. The number of nitrogens with two attached hydrogens (primary N) is 1. The maximum Gasteiger partial charge on any atom is 0.166 e. The predicted molar refractivity (Wildman–Crippen MR) is 69.7 cm³/mol. The molecule has 1 atom stereocenters. The van der Waals surface area contributed by atoms with Gasteiger partial charge >= 0.3 is 0 Å². The second-order valence-corrected chi connectivity index (χ2v) is 4.93. The lowest BCUT2D eigenvalue weighted by molar-refractivity contribution is 0.660. The Hall–Kier alpha value is -1.00. The summed E-state index contributed by atoms with van der Waals surface area (Å²) < 4.78 is 0. The van der Waals surface area contributed by atoms with Crippen molar-refractivity contribution in [1.82, 2.24) is 9.97 Å². The first-order valence-electron chi connectivity index (χ1n) is 5.62. The molecule has 86 valence electrons. The lowest BCUT2D eigenvalue weighted by atomic mass is 10.2. The van der Waals surface area contributed by atoms with Crippen molar-refractivity contribution in [2.75, 3.05) is 5.75 Å². The fraction of sp³-hybridized carbons (Fsp3) is 0.417. The van der Waals surface area contributed by atoms with Crippen molar-refractivity contribution in [2.24, 2.45) is 5.73 Å². The van der Waals surface area contributed by atoms with E-state index in [1.807, 2.05) is 24.3 Å². The van der Waals surface area contributed by atoms with Crippen molar-refractivity contribution >= 4 is 22.8 Å². The van der Waals surface area contributed by atoms with Crippen LogP contribution in [-0.2, 0) is 0 Å². The maximum atomic E-state index is 5.96. The third-order valence-electron chi connectivity index (χ3n) is 2.46. The minimum Gasteiger partial charge on any atom is -0.333 e. The van der Waals surface area contributed by atoms with Crippen LogP contribution < -0.4 is 5.73 Å². The highest BCUT2D eigenvalue weighted by Gasteiger charge is 2.05. The Morgan fingerprint density at radius 3 is 3.00 bits per heavy atom. The quantitative estimate of drug-likeness (QED) is 0.783. The van der Waals surface area contributed by atoms with Crippen molar-refractivity contribution in [1.29, 1.82) is 0 Å². The SMILES string of the molecule is CCCC(N)CSc1nc2ccccc2[nH]1. The molecule has 1 heterocycles. The van der Waals surface area contributed by atoms with E-state index < -0.39 is 0 Å². The van der Waals surface area contributed by atoms with Crippen molar-refractivity contribution in [3.8, 4) is 0 Å². The maximum absolute atomic E-state index is 5.96. The van der Waals surface area contributed by atoms with Gasteiger partial charge in [0.05, 0.1) is 11.0 Å². The molecule has 0 fully saturated rings. The van der Waals surface area contributed by atoms with Crippen molar-refractivity contribution in [3.63, 3.8) is 0 Å². The van der Waals surface area contributed by atoms with E-state index in [0.29, 0.717) is 0 Å². The van der Waals surface area contributed by atoms with Gasteiger partial charge in [-0.3, -0.25) is 0 Å². The van der Waals surface area contributed by atoms with Crippen LogP contribution in [-0.4, -0.2) is 21.8 Å². The smallest absolute Gasteiger partial charge is 0.166 e. The normalized spacial score (nSPS) is 13.1. The van der Waals surface area contributed by atoms with Crippen LogP contribution in [0.1, 0.15) is 19.8 Å². The molecule has 4 heteroatoms. The molecule has 16 heavy (non-hydrogen) atoms. The van der Waals surface area contributed by atoms with Crippen LogP contribution in [0.5, 0.6) is 0 Å². The standard InChI is InChI=1S/C12H17N3S/c1-2-5-9(13)8-16-12-14-10-6-3-4-7-11(10)15-12/h3-4,6-7,9H,2,5,8,13H2,1H3,(H,14,15). The Morgan fingerprint density at radius 2 is 2.25 bits per heavy atom. The first-order chi connectivity index (χ1) is 7.79. The molecule has 1 aromatic heterocycles. The molecule has 0 amide bonds. The summed E-state index contributed by atoms with van der Waals surface area (Å²) in [6.45, 7) is 2.16. The topological polar surface area (TPSA) is 54.7 Å². The zero-order valence-electron chi connectivity index (χ0n) is 9.44. The van der Waals surface area contributed by atoms with E-state index in [2.05, 4.69) is 16.9 Å². The van der Waals surface area contributed by atoms with Crippen LogP contribution in [0.15, 0.2) is 29.4 Å². The Kier molecular flexibility index (Phi) is 3.85. The zero-order valence-corrected chi connectivity index (χ0v) is 10.3. The van der Waals surface area contributed by atoms with E-state index in [1.54, 1.807) is 11.8 Å². The van der Waals surface area contributed by atoms with Crippen molar-refractivity contribution in [3.05, 3.63) is 24.3 Å². The van der Waals surface area contributed by atoms with Crippen LogP contribution in [0.3, 0.4) is 0 Å². The van der Waals surface area contributed by atoms with Gasteiger partial charge in [-0.15, -0.1) is 0 Å². The van der Waals surface area contributed by atoms with Crippen LogP contribution in [0, 0.1) is 0 Å². The minimum atomic E-state index is 0.267. The minimum absolute atomic E-state index is 0.267. The molecule has 0 saturated heterocycles. The summed E-state index contributed by atoms with van der Waals surface area (Å²) in [4.78, 5) is 7.79. The fourth-order valence-corrected chi connectivity index (χ4v) is 2.52. The highest BCUT2D eigenvalue weighted by atomic mass is 32.2. The van der Waals surface area contributed by atoms with E-state index in [9.17, 15) is 0 Å². The molecule has 2 aromatic rings. The summed E-state index contributed by atoms with van der Waals surface area (Å²) in [7, 11) is 0. The van der Waals surface area contributed by atoms with Crippen LogP contribution in [0.25, 0.3) is 11.0 Å². The van der Waals surface area contributed by atoms with Gasteiger partial charge in [-0.2, -0.15) is 0 Å². The van der Waals surface area contributed by atoms with Crippen LogP contribution in [0.2, 0.25) is 0 Å². The Bertz CT molecular complexity index is 419. The zero-order chi connectivity index (χ0) is 11.4. The number of para-hydroxylation sites is 2. The van der Waals surface area contributed by atoms with Gasteiger partial charge in [0.25, 0.3) is 0 Å².